The van der Waals surface area contributed by atoms with Gasteiger partial charge in [-0.05, 0) is 26.0 Å². The second-order valence-corrected chi connectivity index (χ2v) is 6.41. The fourth-order valence-corrected chi connectivity index (χ4v) is 3.51. The Labute approximate surface area is 123 Å². The van der Waals surface area contributed by atoms with E-state index in [0.717, 1.165) is 0 Å². The Morgan fingerprint density at radius 2 is 2.10 bits per heavy atom. The number of hydrogen-bond acceptors (Lipinski definition) is 4. The average Bonchev–Trinajstić information content (AvgIpc) is 2.35. The number of nitrogens with one attached hydrogen (secondary N) is 1. The van der Waals surface area contributed by atoms with Gasteiger partial charge in [0.05, 0.1) is 16.8 Å². The van der Waals surface area contributed by atoms with E-state index in [-0.39, 0.29) is 21.5 Å². The lowest BCUT2D eigenvalue weighted by Gasteiger charge is -2.21. The zero-order valence-corrected chi connectivity index (χ0v) is 13.1. The molecule has 1 atom stereocenters. The molecule has 0 aliphatic carbocycles. The van der Waals surface area contributed by atoms with Gasteiger partial charge in [-0.3, -0.25) is 4.79 Å². The van der Waals surface area contributed by atoms with Crippen molar-refractivity contribution in [3.8, 4) is 0 Å². The number of anilines is 1. The quantitative estimate of drug-likeness (QED) is 0.794. The van der Waals surface area contributed by atoms with Crippen molar-refractivity contribution in [2.75, 3.05) is 19.3 Å². The zero-order chi connectivity index (χ0) is 15.5. The molecule has 1 aromatic rings. The lowest BCUT2D eigenvalue weighted by Crippen LogP contribution is -2.45. The van der Waals surface area contributed by atoms with Crippen LogP contribution < -0.4 is 10.5 Å². The van der Waals surface area contributed by atoms with Gasteiger partial charge in [0.2, 0.25) is 15.9 Å². The highest BCUT2D eigenvalue weighted by Gasteiger charge is 2.27. The highest BCUT2D eigenvalue weighted by Crippen LogP contribution is 2.27. The Bertz CT molecular complexity index is 584. The molecule has 8 heteroatoms. The molecule has 1 rings (SSSR count). The van der Waals surface area contributed by atoms with Crippen LogP contribution in [0.1, 0.15) is 13.8 Å². The Kier molecular flexibility index (Phi) is 5.38. The summed E-state index contributed by atoms with van der Waals surface area (Å²) in [6.07, 6.45) is 0. The molecule has 0 aliphatic heterocycles. The number of halogens is 1. The number of rotatable bonds is 5. The first-order valence-corrected chi connectivity index (χ1v) is 7.88. The molecule has 112 valence electrons. The Morgan fingerprint density at radius 3 is 2.60 bits per heavy atom. The molecule has 0 spiro atoms. The number of nitrogens with two attached hydrogens (primary N) is 1. The van der Waals surface area contributed by atoms with E-state index in [4.69, 9.17) is 17.3 Å². The first-order valence-electron chi connectivity index (χ1n) is 6.02. The van der Waals surface area contributed by atoms with Crippen molar-refractivity contribution in [1.29, 1.82) is 0 Å². The predicted octanol–water partition coefficient (Wildman–Crippen LogP) is 1.07. The lowest BCUT2D eigenvalue weighted by molar-refractivity contribution is -0.131. The molecule has 0 radical (unpaired) electrons. The summed E-state index contributed by atoms with van der Waals surface area (Å²) in [5.74, 6) is -0.332. The van der Waals surface area contributed by atoms with Gasteiger partial charge >= 0.3 is 0 Å². The minimum Gasteiger partial charge on any atom is -0.398 e. The predicted molar refractivity (Wildman–Crippen MR) is 79.0 cm³/mol. The normalized spacial score (nSPS) is 13.0. The van der Waals surface area contributed by atoms with Crippen molar-refractivity contribution in [1.82, 2.24) is 9.62 Å². The van der Waals surface area contributed by atoms with Crippen LogP contribution in [0.25, 0.3) is 0 Å². The highest BCUT2D eigenvalue weighted by molar-refractivity contribution is 7.89. The number of benzene rings is 1. The molecule has 6 nitrogen and oxygen atoms in total. The van der Waals surface area contributed by atoms with Crippen LogP contribution in [0.15, 0.2) is 23.1 Å². The smallest absolute Gasteiger partial charge is 0.244 e. The lowest BCUT2D eigenvalue weighted by atomic mass is 10.3. The van der Waals surface area contributed by atoms with Crippen LogP contribution in [-0.4, -0.2) is 38.9 Å². The molecule has 1 amide bonds. The molecule has 0 saturated carbocycles. The fourth-order valence-electron chi connectivity index (χ4n) is 1.64. The standard InChI is InChI=1S/C12H18ClN3O3S/c1-4-16(3)12(17)8(2)15-20(18,19)11-9(13)6-5-7-10(11)14/h5-8,15H,4,14H2,1-3H3. The monoisotopic (exact) mass is 319 g/mol. The Hall–Kier alpha value is -1.31. The van der Waals surface area contributed by atoms with E-state index in [9.17, 15) is 13.2 Å². The number of nitrogen functional groups attached to an aromatic ring is 1. The highest BCUT2D eigenvalue weighted by atomic mass is 35.5. The van der Waals surface area contributed by atoms with Gasteiger partial charge in [-0.2, -0.15) is 4.72 Å². The molecule has 0 bridgehead atoms. The van der Waals surface area contributed by atoms with Gasteiger partial charge in [0.1, 0.15) is 4.90 Å². The van der Waals surface area contributed by atoms with Crippen molar-refractivity contribution >= 4 is 33.2 Å². The molecule has 0 fully saturated rings. The summed E-state index contributed by atoms with van der Waals surface area (Å²) < 4.78 is 26.8. The molecule has 0 aromatic heterocycles. The number of carbonyl (C=O) groups excluding carboxylic acids is 1. The molecular formula is C12H18ClN3O3S. The number of hydrogen-bond donors (Lipinski definition) is 2. The number of sulfonamides is 1. The SMILES string of the molecule is CCN(C)C(=O)C(C)NS(=O)(=O)c1c(N)cccc1Cl. The zero-order valence-electron chi connectivity index (χ0n) is 11.6. The van der Waals surface area contributed by atoms with E-state index >= 15 is 0 Å². The second kappa shape index (κ2) is 6.43. The van der Waals surface area contributed by atoms with E-state index in [0.29, 0.717) is 6.54 Å². The van der Waals surface area contributed by atoms with Gasteiger partial charge < -0.3 is 10.6 Å². The van der Waals surface area contributed by atoms with Gasteiger partial charge in [0, 0.05) is 13.6 Å². The molecule has 1 unspecified atom stereocenters. The van der Waals surface area contributed by atoms with Crippen molar-refractivity contribution in [3.63, 3.8) is 0 Å². The Balaban J connectivity index is 3.05. The van der Waals surface area contributed by atoms with Crippen LogP contribution in [-0.2, 0) is 14.8 Å². The van der Waals surface area contributed by atoms with E-state index in [1.165, 1.54) is 24.0 Å². The largest absolute Gasteiger partial charge is 0.398 e. The van der Waals surface area contributed by atoms with Crippen molar-refractivity contribution in [2.45, 2.75) is 24.8 Å². The number of amides is 1. The first kappa shape index (κ1) is 16.7. The summed E-state index contributed by atoms with van der Waals surface area (Å²) in [5.41, 5.74) is 5.68. The summed E-state index contributed by atoms with van der Waals surface area (Å²) in [5, 5.41) is 0.0148. The molecule has 0 aliphatic rings. The molecule has 0 saturated heterocycles. The van der Waals surface area contributed by atoms with Gasteiger partial charge in [-0.1, -0.05) is 17.7 Å². The van der Waals surface area contributed by atoms with E-state index < -0.39 is 16.1 Å². The van der Waals surface area contributed by atoms with Gasteiger partial charge in [0.25, 0.3) is 0 Å². The molecular weight excluding hydrogens is 302 g/mol. The van der Waals surface area contributed by atoms with Gasteiger partial charge in [0.15, 0.2) is 0 Å². The van der Waals surface area contributed by atoms with Crippen LogP contribution >= 0.6 is 11.6 Å². The first-order chi connectivity index (χ1) is 9.20. The summed E-state index contributed by atoms with van der Waals surface area (Å²) in [4.78, 5) is 13.1. The van der Waals surface area contributed by atoms with Crippen molar-refractivity contribution in [3.05, 3.63) is 23.2 Å². The third kappa shape index (κ3) is 3.62. The number of likely N-dealkylation sites (N-methyl/N-ethyl adjacent to an activating group) is 1. The maximum Gasteiger partial charge on any atom is 0.244 e. The van der Waals surface area contributed by atoms with Crippen molar-refractivity contribution in [2.24, 2.45) is 0 Å². The van der Waals surface area contributed by atoms with Crippen LogP contribution in [0.3, 0.4) is 0 Å². The van der Waals surface area contributed by atoms with E-state index in [1.807, 2.05) is 0 Å². The molecule has 3 N–H and O–H groups in total. The average molecular weight is 320 g/mol. The number of carbonyl (C=O) groups is 1. The maximum absolute atomic E-state index is 12.3. The topological polar surface area (TPSA) is 92.5 Å². The third-order valence-corrected chi connectivity index (χ3v) is 4.90. The number of nitrogens with zero attached hydrogens (tertiary/aromatic N) is 1. The van der Waals surface area contributed by atoms with Crippen LogP contribution in [0.2, 0.25) is 5.02 Å². The second-order valence-electron chi connectivity index (χ2n) is 4.35. The van der Waals surface area contributed by atoms with E-state index in [1.54, 1.807) is 20.0 Å². The van der Waals surface area contributed by atoms with Gasteiger partial charge in [-0.25, -0.2) is 8.42 Å². The van der Waals surface area contributed by atoms with Crippen LogP contribution in [0.5, 0.6) is 0 Å². The minimum absolute atomic E-state index is 0.0148. The third-order valence-electron chi connectivity index (χ3n) is 2.82. The minimum atomic E-state index is -3.96. The van der Waals surface area contributed by atoms with E-state index in [2.05, 4.69) is 4.72 Å². The fraction of sp³-hybridized carbons (Fsp3) is 0.417. The van der Waals surface area contributed by atoms with Gasteiger partial charge in [-0.15, -0.1) is 0 Å². The summed E-state index contributed by atoms with van der Waals surface area (Å²) in [7, 11) is -2.37. The van der Waals surface area contributed by atoms with Crippen LogP contribution in [0.4, 0.5) is 5.69 Å². The summed E-state index contributed by atoms with van der Waals surface area (Å²) >= 11 is 5.87. The molecule has 1 aromatic carbocycles. The molecule has 20 heavy (non-hydrogen) atoms. The summed E-state index contributed by atoms with van der Waals surface area (Å²) in [6, 6.07) is 3.51. The summed E-state index contributed by atoms with van der Waals surface area (Å²) in [6.45, 7) is 3.75. The maximum atomic E-state index is 12.3. The molecule has 0 heterocycles. The Morgan fingerprint density at radius 1 is 1.50 bits per heavy atom. The van der Waals surface area contributed by atoms with Crippen molar-refractivity contribution < 1.29 is 13.2 Å². The van der Waals surface area contributed by atoms with Crippen LogP contribution in [0, 0.1) is 0 Å².